The molecule has 0 saturated heterocycles. The number of carboxylic acids is 1. The molecule has 6 heteroatoms. The van der Waals surface area contributed by atoms with Crippen LogP contribution < -0.4 is 5.32 Å². The average molecular weight is 429 g/mol. The number of fused-ring (bicyclic) bond motifs is 3. The van der Waals surface area contributed by atoms with Crippen LogP contribution >= 0.6 is 0 Å². The Balaban J connectivity index is 1.45. The van der Waals surface area contributed by atoms with Gasteiger partial charge in [-0.1, -0.05) is 72.8 Å². The number of Topliss-reactive ketones (excluding diaryl/α,β-unsaturated/α-hetero) is 1. The lowest BCUT2D eigenvalue weighted by Gasteiger charge is -2.18. The minimum atomic E-state index is -1.22. The maximum absolute atomic E-state index is 12.5. The highest BCUT2D eigenvalue weighted by atomic mass is 16.5. The second-order valence-electron chi connectivity index (χ2n) is 7.78. The van der Waals surface area contributed by atoms with E-state index in [4.69, 9.17) is 4.74 Å². The first-order chi connectivity index (χ1) is 15.5. The molecule has 3 aromatic rings. The SMILES string of the molecule is CC(=O)c1ccccc1C[C@H](NC(=O)OCC1c2ccccc2-c2ccccc21)C(=O)O. The van der Waals surface area contributed by atoms with Crippen molar-refractivity contribution in [2.75, 3.05) is 6.61 Å². The number of ketones is 1. The van der Waals surface area contributed by atoms with Crippen LogP contribution in [0, 0.1) is 0 Å². The zero-order valence-corrected chi connectivity index (χ0v) is 17.6. The molecule has 1 atom stereocenters. The molecule has 0 unspecified atom stereocenters. The van der Waals surface area contributed by atoms with E-state index in [9.17, 15) is 19.5 Å². The molecule has 162 valence electrons. The number of hydrogen-bond acceptors (Lipinski definition) is 4. The van der Waals surface area contributed by atoms with E-state index in [2.05, 4.69) is 5.32 Å². The highest BCUT2D eigenvalue weighted by molar-refractivity contribution is 5.95. The highest BCUT2D eigenvalue weighted by Gasteiger charge is 2.30. The molecule has 1 aliphatic carbocycles. The maximum atomic E-state index is 12.5. The molecule has 0 heterocycles. The Kier molecular flexibility index (Phi) is 6.03. The maximum Gasteiger partial charge on any atom is 0.407 e. The van der Waals surface area contributed by atoms with Gasteiger partial charge in [0, 0.05) is 17.9 Å². The predicted octanol–water partition coefficient (Wildman–Crippen LogP) is 4.42. The minimum absolute atomic E-state index is 0.0186. The third kappa shape index (κ3) is 4.25. The molecule has 1 amide bonds. The van der Waals surface area contributed by atoms with Gasteiger partial charge in [-0.25, -0.2) is 9.59 Å². The van der Waals surface area contributed by atoms with Gasteiger partial charge < -0.3 is 15.2 Å². The Morgan fingerprint density at radius 1 is 0.906 bits per heavy atom. The van der Waals surface area contributed by atoms with Gasteiger partial charge in [-0.05, 0) is 34.7 Å². The number of ether oxygens (including phenoxy) is 1. The topological polar surface area (TPSA) is 92.7 Å². The molecule has 2 N–H and O–H groups in total. The van der Waals surface area contributed by atoms with E-state index < -0.39 is 18.1 Å². The number of carboxylic acid groups (broad SMARTS) is 1. The number of alkyl carbamates (subject to hydrolysis) is 1. The molecule has 0 radical (unpaired) electrons. The van der Waals surface area contributed by atoms with Crippen LogP contribution in [0.5, 0.6) is 0 Å². The van der Waals surface area contributed by atoms with Crippen LogP contribution in [0.15, 0.2) is 72.8 Å². The standard InChI is InChI=1S/C26H23NO5/c1-16(28)18-9-3-2-8-17(18)14-24(25(29)30)27-26(31)32-15-23-21-12-6-4-10-19(21)20-11-5-7-13-22(20)23/h2-13,23-24H,14-15H2,1H3,(H,27,31)(H,29,30)/t24-/m0/s1. The normalized spacial score (nSPS) is 13.0. The Morgan fingerprint density at radius 2 is 1.47 bits per heavy atom. The van der Waals surface area contributed by atoms with E-state index in [1.54, 1.807) is 24.3 Å². The van der Waals surface area contributed by atoms with Crippen LogP contribution in [-0.2, 0) is 16.0 Å². The third-order valence-electron chi connectivity index (χ3n) is 5.75. The molecule has 32 heavy (non-hydrogen) atoms. The second kappa shape index (κ2) is 9.06. The van der Waals surface area contributed by atoms with Gasteiger partial charge in [0.25, 0.3) is 0 Å². The number of hydrogen-bond donors (Lipinski definition) is 2. The van der Waals surface area contributed by atoms with E-state index in [-0.39, 0.29) is 24.7 Å². The fourth-order valence-electron chi connectivity index (χ4n) is 4.24. The van der Waals surface area contributed by atoms with Crippen LogP contribution in [0.4, 0.5) is 4.79 Å². The summed E-state index contributed by atoms with van der Waals surface area (Å²) in [6.07, 6.45) is -0.825. The van der Waals surface area contributed by atoms with Gasteiger partial charge in [-0.2, -0.15) is 0 Å². The summed E-state index contributed by atoms with van der Waals surface area (Å²) in [5, 5.41) is 12.0. The van der Waals surface area contributed by atoms with Crippen LogP contribution in [0.2, 0.25) is 0 Å². The Bertz CT molecular complexity index is 1140. The van der Waals surface area contributed by atoms with Gasteiger partial charge >= 0.3 is 12.1 Å². The quantitative estimate of drug-likeness (QED) is 0.542. The van der Waals surface area contributed by atoms with Crippen molar-refractivity contribution in [1.82, 2.24) is 5.32 Å². The minimum Gasteiger partial charge on any atom is -0.480 e. The summed E-state index contributed by atoms with van der Waals surface area (Å²) >= 11 is 0. The molecular formula is C26H23NO5. The molecular weight excluding hydrogens is 406 g/mol. The van der Waals surface area contributed by atoms with E-state index in [0.29, 0.717) is 11.1 Å². The van der Waals surface area contributed by atoms with Crippen molar-refractivity contribution in [3.05, 3.63) is 95.1 Å². The lowest BCUT2D eigenvalue weighted by Crippen LogP contribution is -2.43. The largest absolute Gasteiger partial charge is 0.480 e. The molecule has 0 spiro atoms. The lowest BCUT2D eigenvalue weighted by molar-refractivity contribution is -0.139. The third-order valence-corrected chi connectivity index (χ3v) is 5.75. The van der Waals surface area contributed by atoms with E-state index in [0.717, 1.165) is 22.3 Å². The molecule has 1 aliphatic rings. The fraction of sp³-hybridized carbons (Fsp3) is 0.192. The molecule has 6 nitrogen and oxygen atoms in total. The molecule has 0 aromatic heterocycles. The predicted molar refractivity (Wildman–Crippen MR) is 120 cm³/mol. The second-order valence-corrected chi connectivity index (χ2v) is 7.78. The van der Waals surface area contributed by atoms with Crippen molar-refractivity contribution < 1.29 is 24.2 Å². The van der Waals surface area contributed by atoms with Gasteiger partial charge in [0.15, 0.2) is 5.78 Å². The first-order valence-electron chi connectivity index (χ1n) is 10.4. The number of nitrogens with one attached hydrogen (secondary N) is 1. The summed E-state index contributed by atoms with van der Waals surface area (Å²) < 4.78 is 5.46. The first-order valence-corrected chi connectivity index (χ1v) is 10.4. The summed E-state index contributed by atoms with van der Waals surface area (Å²) in [6.45, 7) is 1.52. The van der Waals surface area contributed by atoms with Crippen molar-refractivity contribution in [3.8, 4) is 11.1 Å². The number of carbonyl (C=O) groups excluding carboxylic acids is 2. The lowest BCUT2D eigenvalue weighted by atomic mass is 9.98. The number of amides is 1. The summed E-state index contributed by atoms with van der Waals surface area (Å²) in [7, 11) is 0. The van der Waals surface area contributed by atoms with E-state index in [1.165, 1.54) is 6.92 Å². The first kappa shape index (κ1) is 21.3. The van der Waals surface area contributed by atoms with Gasteiger partial charge in [-0.3, -0.25) is 4.79 Å². The summed E-state index contributed by atoms with van der Waals surface area (Å²) in [6, 6.07) is 21.5. The molecule has 0 fully saturated rings. The summed E-state index contributed by atoms with van der Waals surface area (Å²) in [4.78, 5) is 36.1. The number of aliphatic carboxylic acids is 1. The Labute approximate surface area is 185 Å². The molecule has 4 rings (SSSR count). The monoisotopic (exact) mass is 429 g/mol. The van der Waals surface area contributed by atoms with Crippen molar-refractivity contribution >= 4 is 17.8 Å². The average Bonchev–Trinajstić information content (AvgIpc) is 3.11. The van der Waals surface area contributed by atoms with Gasteiger partial charge in [0.05, 0.1) is 0 Å². The molecule has 0 bridgehead atoms. The molecule has 0 aliphatic heterocycles. The van der Waals surface area contributed by atoms with Gasteiger partial charge in [0.1, 0.15) is 12.6 Å². The Morgan fingerprint density at radius 3 is 2.06 bits per heavy atom. The zero-order chi connectivity index (χ0) is 22.7. The number of carbonyl (C=O) groups is 3. The van der Waals surface area contributed by atoms with E-state index in [1.807, 2.05) is 48.5 Å². The molecule has 3 aromatic carbocycles. The number of benzene rings is 3. The van der Waals surface area contributed by atoms with Gasteiger partial charge in [0.2, 0.25) is 0 Å². The van der Waals surface area contributed by atoms with Crippen LogP contribution in [-0.4, -0.2) is 35.6 Å². The van der Waals surface area contributed by atoms with Crippen LogP contribution in [0.25, 0.3) is 11.1 Å². The van der Waals surface area contributed by atoms with Crippen molar-refractivity contribution in [2.24, 2.45) is 0 Å². The van der Waals surface area contributed by atoms with Crippen molar-refractivity contribution in [2.45, 2.75) is 25.3 Å². The smallest absolute Gasteiger partial charge is 0.407 e. The van der Waals surface area contributed by atoms with E-state index >= 15 is 0 Å². The summed E-state index contributed by atoms with van der Waals surface area (Å²) in [5.74, 6) is -1.47. The van der Waals surface area contributed by atoms with Crippen LogP contribution in [0.3, 0.4) is 0 Å². The molecule has 0 saturated carbocycles. The van der Waals surface area contributed by atoms with Crippen molar-refractivity contribution in [3.63, 3.8) is 0 Å². The van der Waals surface area contributed by atoms with Crippen molar-refractivity contribution in [1.29, 1.82) is 0 Å². The number of rotatable bonds is 7. The highest BCUT2D eigenvalue weighted by Crippen LogP contribution is 2.44. The Hall–Kier alpha value is -3.93. The summed E-state index contributed by atoms with van der Waals surface area (Å²) in [5.41, 5.74) is 5.38. The zero-order valence-electron chi connectivity index (χ0n) is 17.6. The van der Waals surface area contributed by atoms with Crippen LogP contribution in [0.1, 0.15) is 39.9 Å². The van der Waals surface area contributed by atoms with Gasteiger partial charge in [-0.15, -0.1) is 0 Å². The fourth-order valence-corrected chi connectivity index (χ4v) is 4.24.